The normalized spacial score (nSPS) is 16.1. The molecule has 5 heteroatoms. The summed E-state index contributed by atoms with van der Waals surface area (Å²) in [6.07, 6.45) is 2.08. The van der Waals surface area contributed by atoms with Crippen LogP contribution in [-0.4, -0.2) is 22.0 Å². The van der Waals surface area contributed by atoms with E-state index in [4.69, 9.17) is 0 Å². The standard InChI is InChI=1S/C22H22BrN3O/c1-15-5-10-19(14-16(15)2)24-22(27)26-13-12-25-11-3-4-20(25)21(26)17-6-8-18(23)9-7-17/h3-11,14,21H,12-13H2,1-2H3,(H,24,27). The maximum Gasteiger partial charge on any atom is 0.322 e. The first-order chi connectivity index (χ1) is 13.0. The van der Waals surface area contributed by atoms with Crippen molar-refractivity contribution in [2.24, 2.45) is 0 Å². The first kappa shape index (κ1) is 17.9. The summed E-state index contributed by atoms with van der Waals surface area (Å²) in [5.74, 6) is 0. The van der Waals surface area contributed by atoms with Crippen LogP contribution in [0.15, 0.2) is 65.3 Å². The molecule has 0 fully saturated rings. The number of rotatable bonds is 2. The largest absolute Gasteiger partial charge is 0.348 e. The quantitative estimate of drug-likeness (QED) is 0.579. The van der Waals surface area contributed by atoms with E-state index in [9.17, 15) is 4.79 Å². The molecule has 1 aliphatic rings. The van der Waals surface area contributed by atoms with Gasteiger partial charge < -0.3 is 14.8 Å². The number of fused-ring (bicyclic) bond motifs is 1. The number of hydrogen-bond acceptors (Lipinski definition) is 1. The van der Waals surface area contributed by atoms with Crippen molar-refractivity contribution in [3.63, 3.8) is 0 Å². The highest BCUT2D eigenvalue weighted by Crippen LogP contribution is 2.33. The van der Waals surface area contributed by atoms with E-state index in [-0.39, 0.29) is 12.1 Å². The number of benzene rings is 2. The summed E-state index contributed by atoms with van der Waals surface area (Å²) < 4.78 is 3.26. The molecule has 0 radical (unpaired) electrons. The van der Waals surface area contributed by atoms with Gasteiger partial charge in [-0.25, -0.2) is 4.79 Å². The van der Waals surface area contributed by atoms with Crippen LogP contribution in [-0.2, 0) is 6.54 Å². The summed E-state index contributed by atoms with van der Waals surface area (Å²) in [5.41, 5.74) is 5.46. The Hall–Kier alpha value is -2.53. The van der Waals surface area contributed by atoms with Crippen molar-refractivity contribution in [3.8, 4) is 0 Å². The second-order valence-corrected chi connectivity index (χ2v) is 7.92. The second kappa shape index (κ2) is 7.24. The number of halogens is 1. The van der Waals surface area contributed by atoms with Gasteiger partial charge in [-0.2, -0.15) is 0 Å². The molecule has 2 amide bonds. The van der Waals surface area contributed by atoms with Crippen molar-refractivity contribution >= 4 is 27.6 Å². The Morgan fingerprint density at radius 2 is 1.81 bits per heavy atom. The van der Waals surface area contributed by atoms with E-state index < -0.39 is 0 Å². The summed E-state index contributed by atoms with van der Waals surface area (Å²) in [4.78, 5) is 15.1. The SMILES string of the molecule is Cc1ccc(NC(=O)N2CCn3cccc3C2c2ccc(Br)cc2)cc1C. The fourth-order valence-corrected chi connectivity index (χ4v) is 3.88. The fraction of sp³-hybridized carbons (Fsp3) is 0.227. The Balaban J connectivity index is 1.66. The van der Waals surface area contributed by atoms with E-state index in [2.05, 4.69) is 64.1 Å². The van der Waals surface area contributed by atoms with Gasteiger partial charge in [0.25, 0.3) is 0 Å². The van der Waals surface area contributed by atoms with Gasteiger partial charge in [0, 0.05) is 35.1 Å². The zero-order chi connectivity index (χ0) is 19.0. The third kappa shape index (κ3) is 3.52. The maximum absolute atomic E-state index is 13.1. The van der Waals surface area contributed by atoms with Crippen molar-refractivity contribution in [3.05, 3.63) is 87.7 Å². The molecule has 0 spiro atoms. The summed E-state index contributed by atoms with van der Waals surface area (Å²) in [5, 5.41) is 3.08. The highest BCUT2D eigenvalue weighted by molar-refractivity contribution is 9.10. The van der Waals surface area contributed by atoms with Crippen LogP contribution < -0.4 is 5.32 Å². The number of hydrogen-bond donors (Lipinski definition) is 1. The molecule has 2 heterocycles. The Morgan fingerprint density at radius 3 is 2.56 bits per heavy atom. The van der Waals surface area contributed by atoms with Crippen LogP contribution in [0.4, 0.5) is 10.5 Å². The molecule has 4 nitrogen and oxygen atoms in total. The molecule has 138 valence electrons. The van der Waals surface area contributed by atoms with Crippen molar-refractivity contribution in [2.75, 3.05) is 11.9 Å². The van der Waals surface area contributed by atoms with Crippen molar-refractivity contribution in [2.45, 2.75) is 26.4 Å². The summed E-state index contributed by atoms with van der Waals surface area (Å²) >= 11 is 3.50. The number of carbonyl (C=O) groups is 1. The average molecular weight is 424 g/mol. The number of nitrogens with zero attached hydrogens (tertiary/aromatic N) is 2. The van der Waals surface area contributed by atoms with Gasteiger partial charge in [-0.3, -0.25) is 0 Å². The molecule has 1 aliphatic heterocycles. The molecule has 1 aromatic heterocycles. The molecule has 1 atom stereocenters. The van der Waals surface area contributed by atoms with Crippen LogP contribution in [0.2, 0.25) is 0 Å². The second-order valence-electron chi connectivity index (χ2n) is 7.00. The van der Waals surface area contributed by atoms with Gasteiger partial charge in [0.05, 0.1) is 6.04 Å². The maximum atomic E-state index is 13.1. The number of urea groups is 1. The van der Waals surface area contributed by atoms with Crippen molar-refractivity contribution < 1.29 is 4.79 Å². The zero-order valence-corrected chi connectivity index (χ0v) is 17.0. The van der Waals surface area contributed by atoms with Gasteiger partial charge in [0.15, 0.2) is 0 Å². The van der Waals surface area contributed by atoms with Gasteiger partial charge in [-0.1, -0.05) is 34.1 Å². The van der Waals surface area contributed by atoms with E-state index in [1.807, 2.05) is 41.3 Å². The van der Waals surface area contributed by atoms with Gasteiger partial charge in [0.2, 0.25) is 0 Å². The molecule has 1 N–H and O–H groups in total. The number of aromatic nitrogens is 1. The predicted molar refractivity (Wildman–Crippen MR) is 112 cm³/mol. The topological polar surface area (TPSA) is 37.3 Å². The monoisotopic (exact) mass is 423 g/mol. The molecule has 3 aromatic rings. The third-order valence-corrected chi connectivity index (χ3v) is 5.77. The number of amides is 2. The van der Waals surface area contributed by atoms with Crippen LogP contribution in [0.1, 0.15) is 28.4 Å². The van der Waals surface area contributed by atoms with Gasteiger partial charge in [-0.15, -0.1) is 0 Å². The number of aryl methyl sites for hydroxylation is 2. The molecular formula is C22H22BrN3O. The van der Waals surface area contributed by atoms with Crippen LogP contribution in [0.3, 0.4) is 0 Å². The number of nitrogens with one attached hydrogen (secondary N) is 1. The van der Waals surface area contributed by atoms with Crippen molar-refractivity contribution in [1.29, 1.82) is 0 Å². The van der Waals surface area contributed by atoms with E-state index in [0.29, 0.717) is 6.54 Å². The van der Waals surface area contributed by atoms with E-state index in [1.165, 1.54) is 11.1 Å². The van der Waals surface area contributed by atoms with Crippen LogP contribution in [0, 0.1) is 13.8 Å². The summed E-state index contributed by atoms with van der Waals surface area (Å²) in [7, 11) is 0. The van der Waals surface area contributed by atoms with Crippen LogP contribution in [0.5, 0.6) is 0 Å². The minimum atomic E-state index is -0.103. The number of carbonyl (C=O) groups excluding carboxylic acids is 1. The minimum Gasteiger partial charge on any atom is -0.348 e. The molecule has 27 heavy (non-hydrogen) atoms. The smallest absolute Gasteiger partial charge is 0.322 e. The lowest BCUT2D eigenvalue weighted by molar-refractivity contribution is 0.182. The first-order valence-electron chi connectivity index (χ1n) is 9.08. The first-order valence-corrected chi connectivity index (χ1v) is 9.87. The lowest BCUT2D eigenvalue weighted by Crippen LogP contribution is -2.44. The molecule has 0 saturated carbocycles. The highest BCUT2D eigenvalue weighted by atomic mass is 79.9. The molecular weight excluding hydrogens is 402 g/mol. The number of anilines is 1. The molecule has 0 bridgehead atoms. The minimum absolute atomic E-state index is 0.0707. The van der Waals surface area contributed by atoms with E-state index in [1.54, 1.807) is 0 Å². The molecule has 2 aromatic carbocycles. The Morgan fingerprint density at radius 1 is 1.04 bits per heavy atom. The zero-order valence-electron chi connectivity index (χ0n) is 15.4. The van der Waals surface area contributed by atoms with E-state index in [0.717, 1.165) is 28.0 Å². The van der Waals surface area contributed by atoms with Gasteiger partial charge in [0.1, 0.15) is 0 Å². The summed E-state index contributed by atoms with van der Waals surface area (Å²) in [6.45, 7) is 5.60. The van der Waals surface area contributed by atoms with Crippen molar-refractivity contribution in [1.82, 2.24) is 9.47 Å². The van der Waals surface area contributed by atoms with Gasteiger partial charge >= 0.3 is 6.03 Å². The van der Waals surface area contributed by atoms with Crippen LogP contribution in [0.25, 0.3) is 0 Å². The molecule has 0 aliphatic carbocycles. The highest BCUT2D eigenvalue weighted by Gasteiger charge is 2.32. The summed E-state index contributed by atoms with van der Waals surface area (Å²) in [6, 6.07) is 18.2. The fourth-order valence-electron chi connectivity index (χ4n) is 3.61. The molecule has 0 saturated heterocycles. The Kier molecular flexibility index (Phi) is 4.79. The Bertz CT molecular complexity index is 977. The van der Waals surface area contributed by atoms with Crippen LogP contribution >= 0.6 is 15.9 Å². The lowest BCUT2D eigenvalue weighted by atomic mass is 10.0. The third-order valence-electron chi connectivity index (χ3n) is 5.24. The molecule has 4 rings (SSSR count). The lowest BCUT2D eigenvalue weighted by Gasteiger charge is -2.37. The average Bonchev–Trinajstić information content (AvgIpc) is 3.13. The molecule has 1 unspecified atom stereocenters. The van der Waals surface area contributed by atoms with E-state index >= 15 is 0 Å². The Labute approximate surface area is 167 Å². The van der Waals surface area contributed by atoms with Gasteiger partial charge in [-0.05, 0) is 66.9 Å². The predicted octanol–water partition coefficient (Wildman–Crippen LogP) is 5.50.